The van der Waals surface area contributed by atoms with Gasteiger partial charge in [0.25, 0.3) is 0 Å². The third kappa shape index (κ3) is 2.28. The number of carboxylic acids is 1. The van der Waals surface area contributed by atoms with Crippen LogP contribution in [0.2, 0.25) is 0 Å². The van der Waals surface area contributed by atoms with E-state index in [0.29, 0.717) is 10.9 Å². The summed E-state index contributed by atoms with van der Waals surface area (Å²) in [6.07, 6.45) is 0. The molecule has 0 spiro atoms. The first-order valence-electron chi connectivity index (χ1n) is 4.63. The Hall–Kier alpha value is -1.89. The molecule has 0 aliphatic heterocycles. The first kappa shape index (κ1) is 11.6. The molecule has 5 nitrogen and oxygen atoms in total. The SMILES string of the molecule is O=C(O)c1cc2cc(F)cc(C[SH](=O)=O)c2[nH]1. The van der Waals surface area contributed by atoms with Crippen LogP contribution in [0, 0.1) is 5.82 Å². The van der Waals surface area contributed by atoms with Gasteiger partial charge in [0.2, 0.25) is 0 Å². The van der Waals surface area contributed by atoms with E-state index in [1.54, 1.807) is 0 Å². The molecule has 0 aliphatic rings. The van der Waals surface area contributed by atoms with Gasteiger partial charge in [0.15, 0.2) is 0 Å². The number of carboxylic acid groups (broad SMARTS) is 1. The number of fused-ring (bicyclic) bond motifs is 1. The predicted octanol–water partition coefficient (Wildman–Crippen LogP) is 1.12. The molecule has 1 heterocycles. The van der Waals surface area contributed by atoms with Crippen LogP contribution in [0.3, 0.4) is 0 Å². The highest BCUT2D eigenvalue weighted by Gasteiger charge is 2.12. The standard InChI is InChI=1S/C10H8FNO4S/c11-7-1-5-3-8(10(13)14)12-9(5)6(2-7)4-17(15)16/h1-3,12,17H,4H2,(H,13,14). The zero-order chi connectivity index (χ0) is 12.6. The fourth-order valence-electron chi connectivity index (χ4n) is 1.66. The fraction of sp³-hybridized carbons (Fsp3) is 0.100. The van der Waals surface area contributed by atoms with E-state index in [2.05, 4.69) is 4.98 Å². The van der Waals surface area contributed by atoms with E-state index in [1.807, 2.05) is 0 Å². The molecule has 0 saturated heterocycles. The first-order chi connectivity index (χ1) is 7.97. The first-order valence-corrected chi connectivity index (χ1v) is 6.00. The van der Waals surface area contributed by atoms with E-state index in [0.717, 1.165) is 12.1 Å². The average molecular weight is 257 g/mol. The number of rotatable bonds is 3. The summed E-state index contributed by atoms with van der Waals surface area (Å²) in [5.74, 6) is -2.11. The van der Waals surface area contributed by atoms with E-state index in [1.165, 1.54) is 6.07 Å². The molecular weight excluding hydrogens is 249 g/mol. The molecule has 2 N–H and O–H groups in total. The van der Waals surface area contributed by atoms with Crippen molar-refractivity contribution in [1.29, 1.82) is 0 Å². The highest BCUT2D eigenvalue weighted by atomic mass is 32.2. The van der Waals surface area contributed by atoms with Crippen molar-refractivity contribution in [2.75, 3.05) is 0 Å². The molecule has 7 heteroatoms. The minimum atomic E-state index is -2.70. The number of H-pyrrole nitrogens is 1. The van der Waals surface area contributed by atoms with E-state index >= 15 is 0 Å². The Morgan fingerprint density at radius 2 is 2.06 bits per heavy atom. The van der Waals surface area contributed by atoms with Crippen LogP contribution in [0.5, 0.6) is 0 Å². The number of hydrogen-bond acceptors (Lipinski definition) is 3. The Morgan fingerprint density at radius 1 is 1.35 bits per heavy atom. The fourth-order valence-corrected chi connectivity index (χ4v) is 2.19. The molecule has 0 aliphatic carbocycles. The highest BCUT2D eigenvalue weighted by molar-refractivity contribution is 7.71. The van der Waals surface area contributed by atoms with Crippen LogP contribution >= 0.6 is 0 Å². The third-order valence-corrected chi connectivity index (χ3v) is 2.90. The number of halogens is 1. The zero-order valence-corrected chi connectivity index (χ0v) is 9.33. The van der Waals surface area contributed by atoms with Crippen molar-refractivity contribution in [3.05, 3.63) is 35.3 Å². The molecular formula is C10H8FNO4S. The maximum Gasteiger partial charge on any atom is 0.352 e. The van der Waals surface area contributed by atoms with Gasteiger partial charge in [0.1, 0.15) is 22.2 Å². The molecule has 0 radical (unpaired) electrons. The lowest BCUT2D eigenvalue weighted by molar-refractivity contribution is 0.0691. The summed E-state index contributed by atoms with van der Waals surface area (Å²) in [7, 11) is -2.70. The van der Waals surface area contributed by atoms with Crippen molar-refractivity contribution in [1.82, 2.24) is 4.98 Å². The summed E-state index contributed by atoms with van der Waals surface area (Å²) < 4.78 is 34.5. The van der Waals surface area contributed by atoms with Gasteiger partial charge in [-0.1, -0.05) is 0 Å². The van der Waals surface area contributed by atoms with Crippen LogP contribution in [0.15, 0.2) is 18.2 Å². The van der Waals surface area contributed by atoms with Crippen molar-refractivity contribution in [3.63, 3.8) is 0 Å². The van der Waals surface area contributed by atoms with Gasteiger partial charge in [0, 0.05) is 5.39 Å². The van der Waals surface area contributed by atoms with E-state index in [9.17, 15) is 17.6 Å². The highest BCUT2D eigenvalue weighted by Crippen LogP contribution is 2.22. The summed E-state index contributed by atoms with van der Waals surface area (Å²) in [6.45, 7) is 0. The van der Waals surface area contributed by atoms with Crippen molar-refractivity contribution in [2.24, 2.45) is 0 Å². The number of nitrogens with one attached hydrogen (secondary N) is 1. The third-order valence-electron chi connectivity index (χ3n) is 2.30. The van der Waals surface area contributed by atoms with Gasteiger partial charge >= 0.3 is 5.97 Å². The largest absolute Gasteiger partial charge is 0.477 e. The molecule has 0 saturated carbocycles. The topological polar surface area (TPSA) is 87.2 Å². The minimum Gasteiger partial charge on any atom is -0.477 e. The van der Waals surface area contributed by atoms with E-state index in [4.69, 9.17) is 5.11 Å². The molecule has 1 aromatic carbocycles. The van der Waals surface area contributed by atoms with Crippen LogP contribution in [-0.4, -0.2) is 24.5 Å². The number of aromatic carboxylic acids is 1. The molecule has 0 atom stereocenters. The number of thiol groups is 1. The number of hydrogen-bond donors (Lipinski definition) is 3. The average Bonchev–Trinajstić information content (AvgIpc) is 2.60. The number of aromatic nitrogens is 1. The molecule has 1 aromatic heterocycles. The van der Waals surface area contributed by atoms with Gasteiger partial charge in [-0.25, -0.2) is 17.6 Å². The molecule has 0 unspecified atom stereocenters. The minimum absolute atomic E-state index is 0.104. The van der Waals surface area contributed by atoms with Gasteiger partial charge in [-0.2, -0.15) is 0 Å². The smallest absolute Gasteiger partial charge is 0.352 e. The van der Waals surface area contributed by atoms with Crippen LogP contribution in [0.1, 0.15) is 16.1 Å². The van der Waals surface area contributed by atoms with Crippen molar-refractivity contribution >= 4 is 27.6 Å². The molecule has 2 rings (SSSR count). The lowest BCUT2D eigenvalue weighted by Crippen LogP contribution is -1.95. The van der Waals surface area contributed by atoms with Gasteiger partial charge in [-0.15, -0.1) is 0 Å². The van der Waals surface area contributed by atoms with Crippen LogP contribution in [0.25, 0.3) is 10.9 Å². The monoisotopic (exact) mass is 257 g/mol. The number of carbonyl (C=O) groups is 1. The summed E-state index contributed by atoms with van der Waals surface area (Å²) in [6, 6.07) is 3.50. The lowest BCUT2D eigenvalue weighted by Gasteiger charge is -1.99. The van der Waals surface area contributed by atoms with Crippen LogP contribution in [-0.2, 0) is 16.5 Å². The van der Waals surface area contributed by atoms with Gasteiger partial charge in [0.05, 0.1) is 11.3 Å². The van der Waals surface area contributed by atoms with Crippen LogP contribution in [0.4, 0.5) is 4.39 Å². The molecule has 0 bridgehead atoms. The summed E-state index contributed by atoms with van der Waals surface area (Å²) in [5, 5.41) is 9.13. The quantitative estimate of drug-likeness (QED) is 0.719. The van der Waals surface area contributed by atoms with Crippen LogP contribution < -0.4 is 0 Å². The zero-order valence-electron chi connectivity index (χ0n) is 8.44. The van der Waals surface area contributed by atoms with Gasteiger partial charge in [-0.3, -0.25) is 0 Å². The maximum atomic E-state index is 13.2. The Morgan fingerprint density at radius 3 is 2.65 bits per heavy atom. The Bertz CT molecular complexity index is 666. The number of aromatic amines is 1. The van der Waals surface area contributed by atoms with E-state index in [-0.39, 0.29) is 17.0 Å². The molecule has 17 heavy (non-hydrogen) atoms. The molecule has 90 valence electrons. The molecule has 2 aromatic rings. The lowest BCUT2D eigenvalue weighted by atomic mass is 10.1. The number of benzene rings is 1. The molecule has 0 fully saturated rings. The second kappa shape index (κ2) is 4.17. The second-order valence-corrected chi connectivity index (χ2v) is 4.49. The van der Waals surface area contributed by atoms with E-state index < -0.39 is 22.5 Å². The second-order valence-electron chi connectivity index (χ2n) is 3.51. The molecule has 0 amide bonds. The van der Waals surface area contributed by atoms with Gasteiger partial charge < -0.3 is 10.1 Å². The van der Waals surface area contributed by atoms with Crippen molar-refractivity contribution in [2.45, 2.75) is 5.75 Å². The van der Waals surface area contributed by atoms with Gasteiger partial charge in [-0.05, 0) is 23.8 Å². The van der Waals surface area contributed by atoms with Crippen molar-refractivity contribution in [3.8, 4) is 0 Å². The summed E-state index contributed by atoms with van der Waals surface area (Å²) in [5.41, 5.74) is 0.458. The van der Waals surface area contributed by atoms with Crippen molar-refractivity contribution < 1.29 is 22.7 Å². The summed E-state index contributed by atoms with van der Waals surface area (Å²) in [4.78, 5) is 13.3. The normalized spacial score (nSPS) is 11.2. The Kier molecular flexibility index (Phi) is 2.84. The maximum absolute atomic E-state index is 13.2. The Labute approximate surface area is 96.8 Å². The summed E-state index contributed by atoms with van der Waals surface area (Å²) >= 11 is 0. The predicted molar refractivity (Wildman–Crippen MR) is 59.2 cm³/mol. The Balaban J connectivity index is 2.69.